The largest absolute Gasteiger partial charge is 0.494 e. The lowest BCUT2D eigenvalue weighted by atomic mass is 10.2. The van der Waals surface area contributed by atoms with E-state index in [-0.39, 0.29) is 5.91 Å². The van der Waals surface area contributed by atoms with E-state index in [1.54, 1.807) is 0 Å². The van der Waals surface area contributed by atoms with Gasteiger partial charge in [0.25, 0.3) is 5.91 Å². The number of H-pyrrole nitrogens is 1. The number of likely N-dealkylation sites (N-methyl/N-ethyl adjacent to an activating group) is 1. The number of hydrogen-bond donors (Lipinski definition) is 1. The summed E-state index contributed by atoms with van der Waals surface area (Å²) in [6.07, 6.45) is 0. The van der Waals surface area contributed by atoms with Crippen molar-refractivity contribution in [2.45, 2.75) is 34.6 Å². The number of carbonyl (C=O) groups is 1. The highest BCUT2D eigenvalue weighted by molar-refractivity contribution is 5.98. The summed E-state index contributed by atoms with van der Waals surface area (Å²) in [5, 5.41) is 1.03. The highest BCUT2D eigenvalue weighted by Gasteiger charge is 2.19. The van der Waals surface area contributed by atoms with Crippen LogP contribution in [0.25, 0.3) is 10.9 Å². The predicted molar refractivity (Wildman–Crippen MR) is 108 cm³/mol. The Morgan fingerprint density at radius 2 is 1.85 bits per heavy atom. The monoisotopic (exact) mass is 359 g/mol. The van der Waals surface area contributed by atoms with E-state index in [1.807, 2.05) is 36.1 Å². The standard InChI is InChI=1S/C21H33N3O2/c1-6-23(7-2)11-12-24(15-16(4)5)21(25)20-13-17-9-10-18(26-8-3)14-19(17)22-20/h9-10,13-14,16,22H,6-8,11-12,15H2,1-5H3. The maximum absolute atomic E-state index is 13.1. The number of carbonyl (C=O) groups excluding carboxylic acids is 1. The van der Waals surface area contributed by atoms with Crippen LogP contribution in [-0.4, -0.2) is 60.0 Å². The molecule has 1 aromatic heterocycles. The second kappa shape index (κ2) is 9.62. The molecule has 5 nitrogen and oxygen atoms in total. The van der Waals surface area contributed by atoms with E-state index in [0.29, 0.717) is 18.2 Å². The summed E-state index contributed by atoms with van der Waals surface area (Å²) in [6.45, 7) is 15.6. The van der Waals surface area contributed by atoms with Crippen molar-refractivity contribution in [3.05, 3.63) is 30.0 Å². The fourth-order valence-corrected chi connectivity index (χ4v) is 3.17. The minimum absolute atomic E-state index is 0.0695. The molecule has 0 radical (unpaired) electrons. The molecule has 0 bridgehead atoms. The molecule has 144 valence electrons. The second-order valence-electron chi connectivity index (χ2n) is 7.04. The minimum Gasteiger partial charge on any atom is -0.494 e. The van der Waals surface area contributed by atoms with Gasteiger partial charge >= 0.3 is 0 Å². The van der Waals surface area contributed by atoms with E-state index in [1.165, 1.54) is 0 Å². The fraction of sp³-hybridized carbons (Fsp3) is 0.571. The molecular formula is C21H33N3O2. The average Bonchev–Trinajstić information content (AvgIpc) is 3.04. The van der Waals surface area contributed by atoms with E-state index in [0.717, 1.165) is 49.4 Å². The van der Waals surface area contributed by atoms with Crippen molar-refractivity contribution < 1.29 is 9.53 Å². The molecule has 0 unspecified atom stereocenters. The molecule has 1 aromatic carbocycles. The zero-order valence-corrected chi connectivity index (χ0v) is 16.8. The molecule has 0 aliphatic rings. The van der Waals surface area contributed by atoms with Crippen molar-refractivity contribution in [3.8, 4) is 5.75 Å². The predicted octanol–water partition coefficient (Wildman–Crippen LogP) is 4.01. The summed E-state index contributed by atoms with van der Waals surface area (Å²) in [5.74, 6) is 1.33. The summed E-state index contributed by atoms with van der Waals surface area (Å²) in [6, 6.07) is 7.84. The molecule has 26 heavy (non-hydrogen) atoms. The molecule has 0 fully saturated rings. The number of aromatic nitrogens is 1. The Balaban J connectivity index is 2.19. The van der Waals surface area contributed by atoms with Crippen LogP contribution in [0.1, 0.15) is 45.1 Å². The van der Waals surface area contributed by atoms with Crippen LogP contribution >= 0.6 is 0 Å². The molecule has 0 saturated carbocycles. The van der Waals surface area contributed by atoms with Gasteiger partial charge in [0, 0.05) is 36.6 Å². The van der Waals surface area contributed by atoms with Gasteiger partial charge in [0.1, 0.15) is 11.4 Å². The number of fused-ring (bicyclic) bond motifs is 1. The number of aromatic amines is 1. The topological polar surface area (TPSA) is 48.6 Å². The summed E-state index contributed by atoms with van der Waals surface area (Å²) in [5.41, 5.74) is 1.58. The van der Waals surface area contributed by atoms with E-state index >= 15 is 0 Å². The van der Waals surface area contributed by atoms with Gasteiger partial charge in [-0.1, -0.05) is 27.7 Å². The average molecular weight is 360 g/mol. The minimum atomic E-state index is 0.0695. The highest BCUT2D eigenvalue weighted by atomic mass is 16.5. The summed E-state index contributed by atoms with van der Waals surface area (Å²) < 4.78 is 5.55. The van der Waals surface area contributed by atoms with Gasteiger partial charge in [0.05, 0.1) is 6.61 Å². The smallest absolute Gasteiger partial charge is 0.270 e. The lowest BCUT2D eigenvalue weighted by Crippen LogP contribution is -2.40. The van der Waals surface area contributed by atoms with Crippen LogP contribution < -0.4 is 4.74 Å². The molecule has 5 heteroatoms. The third-order valence-corrected chi connectivity index (χ3v) is 4.59. The first-order valence-electron chi connectivity index (χ1n) is 9.75. The number of amides is 1. The summed E-state index contributed by atoms with van der Waals surface area (Å²) in [4.78, 5) is 20.7. The van der Waals surface area contributed by atoms with Gasteiger partial charge in [-0.25, -0.2) is 0 Å². The maximum Gasteiger partial charge on any atom is 0.270 e. The molecule has 0 saturated heterocycles. The molecule has 0 aliphatic carbocycles. The Morgan fingerprint density at radius 1 is 1.12 bits per heavy atom. The molecule has 2 aromatic rings. The number of ether oxygens (including phenoxy) is 1. The summed E-state index contributed by atoms with van der Waals surface area (Å²) >= 11 is 0. The highest BCUT2D eigenvalue weighted by Crippen LogP contribution is 2.22. The van der Waals surface area contributed by atoms with Crippen LogP contribution in [0.4, 0.5) is 0 Å². The Labute approximate surface area is 157 Å². The molecule has 0 atom stereocenters. The van der Waals surface area contributed by atoms with Crippen molar-refractivity contribution in [1.82, 2.24) is 14.8 Å². The van der Waals surface area contributed by atoms with Crippen molar-refractivity contribution in [1.29, 1.82) is 0 Å². The molecule has 0 aliphatic heterocycles. The van der Waals surface area contributed by atoms with E-state index < -0.39 is 0 Å². The number of hydrogen-bond acceptors (Lipinski definition) is 3. The SMILES string of the molecule is CCOc1ccc2cc(C(=O)N(CCN(CC)CC)CC(C)C)[nH]c2c1. The van der Waals surface area contributed by atoms with Crippen molar-refractivity contribution in [3.63, 3.8) is 0 Å². The first-order chi connectivity index (χ1) is 12.5. The van der Waals surface area contributed by atoms with Gasteiger partial charge in [0.2, 0.25) is 0 Å². The van der Waals surface area contributed by atoms with Gasteiger partial charge in [0.15, 0.2) is 0 Å². The molecule has 0 spiro atoms. The first-order valence-corrected chi connectivity index (χ1v) is 9.75. The maximum atomic E-state index is 13.1. The third kappa shape index (κ3) is 5.24. The zero-order chi connectivity index (χ0) is 19.1. The van der Waals surface area contributed by atoms with Crippen LogP contribution in [0.3, 0.4) is 0 Å². The number of benzene rings is 1. The van der Waals surface area contributed by atoms with Crippen molar-refractivity contribution >= 4 is 16.8 Å². The van der Waals surface area contributed by atoms with Crippen LogP contribution in [0.2, 0.25) is 0 Å². The number of rotatable bonds is 10. The Morgan fingerprint density at radius 3 is 2.46 bits per heavy atom. The van der Waals surface area contributed by atoms with Gasteiger partial charge < -0.3 is 19.5 Å². The molecule has 1 heterocycles. The van der Waals surface area contributed by atoms with Crippen LogP contribution in [-0.2, 0) is 0 Å². The quantitative estimate of drug-likeness (QED) is 0.697. The second-order valence-corrected chi connectivity index (χ2v) is 7.04. The number of nitrogens with one attached hydrogen (secondary N) is 1. The van der Waals surface area contributed by atoms with Gasteiger partial charge in [-0.15, -0.1) is 0 Å². The van der Waals surface area contributed by atoms with Gasteiger partial charge in [-0.3, -0.25) is 4.79 Å². The molecular weight excluding hydrogens is 326 g/mol. The van der Waals surface area contributed by atoms with Gasteiger partial charge in [-0.05, 0) is 44.1 Å². The Bertz CT molecular complexity index is 704. The number of nitrogens with zero attached hydrogens (tertiary/aromatic N) is 2. The molecule has 1 amide bonds. The van der Waals surface area contributed by atoms with Crippen LogP contribution in [0.5, 0.6) is 5.75 Å². The molecule has 2 rings (SSSR count). The van der Waals surface area contributed by atoms with E-state index in [2.05, 4.69) is 37.6 Å². The molecule has 1 N–H and O–H groups in total. The lowest BCUT2D eigenvalue weighted by molar-refractivity contribution is 0.0711. The lowest BCUT2D eigenvalue weighted by Gasteiger charge is -2.27. The Hall–Kier alpha value is -2.01. The van der Waals surface area contributed by atoms with Gasteiger partial charge in [-0.2, -0.15) is 0 Å². The zero-order valence-electron chi connectivity index (χ0n) is 16.8. The van der Waals surface area contributed by atoms with Crippen molar-refractivity contribution in [2.75, 3.05) is 39.3 Å². The van der Waals surface area contributed by atoms with Crippen LogP contribution in [0, 0.1) is 5.92 Å². The normalized spacial score (nSPS) is 11.5. The fourth-order valence-electron chi connectivity index (χ4n) is 3.17. The van der Waals surface area contributed by atoms with Crippen molar-refractivity contribution in [2.24, 2.45) is 5.92 Å². The summed E-state index contributed by atoms with van der Waals surface area (Å²) in [7, 11) is 0. The first kappa shape index (κ1) is 20.3. The van der Waals surface area contributed by atoms with E-state index in [9.17, 15) is 4.79 Å². The third-order valence-electron chi connectivity index (χ3n) is 4.59. The Kier molecular flexibility index (Phi) is 7.51. The van der Waals surface area contributed by atoms with Crippen LogP contribution in [0.15, 0.2) is 24.3 Å². The van der Waals surface area contributed by atoms with E-state index in [4.69, 9.17) is 4.74 Å².